The molecule has 2 unspecified atom stereocenters. The molecular weight excluding hydrogens is 317 g/mol. The van der Waals surface area contributed by atoms with Crippen molar-refractivity contribution in [3.8, 4) is 0 Å². The molecule has 0 fully saturated rings. The van der Waals surface area contributed by atoms with Crippen molar-refractivity contribution >= 4 is 11.8 Å². The van der Waals surface area contributed by atoms with E-state index in [-0.39, 0.29) is 28.3 Å². The third-order valence-electron chi connectivity index (χ3n) is 2.86. The maximum absolute atomic E-state index is 11.8. The summed E-state index contributed by atoms with van der Waals surface area (Å²) in [4.78, 5) is 23.6. The number of hydrogen-bond donors (Lipinski definition) is 2. The monoisotopic (exact) mass is 339 g/mol. The third-order valence-corrected chi connectivity index (χ3v) is 2.86. The summed E-state index contributed by atoms with van der Waals surface area (Å²) >= 11 is 0. The van der Waals surface area contributed by atoms with Gasteiger partial charge < -0.3 is 37.0 Å². The first kappa shape index (κ1) is 20.1. The second kappa shape index (κ2) is 11.7. The molecular formula is C13H23N5NiO2-2. The molecule has 1 rings (SSSR count). The summed E-state index contributed by atoms with van der Waals surface area (Å²) in [5.41, 5.74) is 9.04. The topological polar surface area (TPSA) is 130 Å². The number of rotatable bonds is 8. The molecule has 7 nitrogen and oxygen atoms in total. The van der Waals surface area contributed by atoms with Gasteiger partial charge in [0.05, 0.1) is 6.54 Å². The average Bonchev–Trinajstić information content (AvgIpc) is 2.47. The Morgan fingerprint density at radius 3 is 2.57 bits per heavy atom. The van der Waals surface area contributed by atoms with Gasteiger partial charge in [-0.15, -0.1) is 19.2 Å². The van der Waals surface area contributed by atoms with Gasteiger partial charge in [-0.3, -0.25) is 0 Å². The fourth-order valence-corrected chi connectivity index (χ4v) is 1.73. The molecule has 0 aromatic carbocycles. The zero-order valence-corrected chi connectivity index (χ0v) is 13.0. The zero-order valence-electron chi connectivity index (χ0n) is 12.0. The van der Waals surface area contributed by atoms with E-state index in [1.807, 2.05) is 0 Å². The fraction of sp³-hybridized carbons (Fsp3) is 0.692. The molecule has 1 aliphatic heterocycles. The zero-order chi connectivity index (χ0) is 14.8. The SMILES string of the molecule is NCCC[N-]C(=O)C1C=CCC(C(=O)[N-]CCC[NH3+])[N-]1.[Ni]. The van der Waals surface area contributed by atoms with Gasteiger partial charge in [-0.2, -0.15) is 0 Å². The van der Waals surface area contributed by atoms with Crippen molar-refractivity contribution in [3.63, 3.8) is 0 Å². The minimum absolute atomic E-state index is 0. The first-order valence-electron chi connectivity index (χ1n) is 6.97. The van der Waals surface area contributed by atoms with Crippen LogP contribution in [-0.4, -0.2) is 50.1 Å². The van der Waals surface area contributed by atoms with Crippen LogP contribution in [-0.2, 0) is 26.1 Å². The summed E-state index contributed by atoms with van der Waals surface area (Å²) in [7, 11) is 0. The van der Waals surface area contributed by atoms with E-state index in [1.165, 1.54) is 0 Å². The van der Waals surface area contributed by atoms with Crippen LogP contribution in [0.5, 0.6) is 0 Å². The first-order chi connectivity index (χ1) is 9.69. The van der Waals surface area contributed by atoms with Crippen molar-refractivity contribution in [2.24, 2.45) is 5.73 Å². The minimum atomic E-state index is -0.654. The molecule has 0 spiro atoms. The van der Waals surface area contributed by atoms with Gasteiger partial charge >= 0.3 is 0 Å². The molecule has 21 heavy (non-hydrogen) atoms. The number of quaternary nitrogens is 1. The molecule has 0 aliphatic carbocycles. The van der Waals surface area contributed by atoms with Gasteiger partial charge in [-0.25, -0.2) is 0 Å². The Morgan fingerprint density at radius 1 is 1.24 bits per heavy atom. The Balaban J connectivity index is 0.00000400. The van der Waals surface area contributed by atoms with Crippen LogP contribution < -0.4 is 11.5 Å². The van der Waals surface area contributed by atoms with Crippen molar-refractivity contribution in [2.75, 3.05) is 26.2 Å². The molecule has 1 heterocycles. The quantitative estimate of drug-likeness (QED) is 0.361. The van der Waals surface area contributed by atoms with Gasteiger partial charge in [0.25, 0.3) is 0 Å². The molecule has 5 N–H and O–H groups in total. The Hall–Kier alpha value is -0.946. The van der Waals surface area contributed by atoms with Crippen LogP contribution >= 0.6 is 0 Å². The molecule has 0 saturated heterocycles. The Morgan fingerprint density at radius 2 is 1.90 bits per heavy atom. The van der Waals surface area contributed by atoms with Crippen LogP contribution in [0, 0.1) is 0 Å². The van der Waals surface area contributed by atoms with Gasteiger partial charge in [0.1, 0.15) is 0 Å². The molecule has 0 radical (unpaired) electrons. The smallest absolute Gasteiger partial charge is 0.0725 e. The normalized spacial score (nSPS) is 20.5. The van der Waals surface area contributed by atoms with Crippen LogP contribution in [0.1, 0.15) is 19.3 Å². The van der Waals surface area contributed by atoms with E-state index < -0.39 is 12.1 Å². The summed E-state index contributed by atoms with van der Waals surface area (Å²) in [6.45, 7) is 2.12. The third kappa shape index (κ3) is 7.57. The van der Waals surface area contributed by atoms with Gasteiger partial charge in [0.15, 0.2) is 0 Å². The molecule has 0 aromatic heterocycles. The van der Waals surface area contributed by atoms with E-state index in [1.54, 1.807) is 12.2 Å². The van der Waals surface area contributed by atoms with Crippen LogP contribution in [0.2, 0.25) is 0 Å². The van der Waals surface area contributed by atoms with Gasteiger partial charge in [-0.05, 0) is 19.4 Å². The molecule has 124 valence electrons. The number of hydrogen-bond acceptors (Lipinski definition) is 3. The van der Waals surface area contributed by atoms with E-state index in [4.69, 9.17) is 5.73 Å². The van der Waals surface area contributed by atoms with Gasteiger partial charge in [-0.1, -0.05) is 24.6 Å². The van der Waals surface area contributed by atoms with E-state index >= 15 is 0 Å². The fourth-order valence-electron chi connectivity index (χ4n) is 1.73. The van der Waals surface area contributed by atoms with E-state index in [0.717, 1.165) is 13.0 Å². The molecule has 0 aromatic rings. The summed E-state index contributed by atoms with van der Waals surface area (Å²) in [5, 5.41) is 12.1. The predicted molar refractivity (Wildman–Crippen MR) is 77.2 cm³/mol. The molecule has 8 heteroatoms. The summed E-state index contributed by atoms with van der Waals surface area (Å²) in [5.74, 6) is -0.576. The maximum atomic E-state index is 11.8. The molecule has 0 saturated carbocycles. The van der Waals surface area contributed by atoms with Crippen LogP contribution in [0.4, 0.5) is 0 Å². The van der Waals surface area contributed by atoms with Gasteiger partial charge in [0, 0.05) is 28.3 Å². The van der Waals surface area contributed by atoms with E-state index in [2.05, 4.69) is 21.7 Å². The Labute approximate surface area is 135 Å². The van der Waals surface area contributed by atoms with Crippen molar-refractivity contribution in [3.05, 3.63) is 28.1 Å². The number of nitrogens with zero attached hydrogens (tertiary/aromatic N) is 3. The van der Waals surface area contributed by atoms with Crippen molar-refractivity contribution in [1.82, 2.24) is 0 Å². The van der Waals surface area contributed by atoms with Crippen LogP contribution in [0.3, 0.4) is 0 Å². The number of amides is 2. The van der Waals surface area contributed by atoms with Gasteiger partial charge in [0.2, 0.25) is 0 Å². The minimum Gasteiger partial charge on any atom is -0.654 e. The van der Waals surface area contributed by atoms with Crippen LogP contribution in [0.25, 0.3) is 16.0 Å². The Bertz CT molecular complexity index is 351. The number of nitrogens with two attached hydrogens (primary N) is 1. The first-order valence-corrected chi connectivity index (χ1v) is 6.97. The second-order valence-corrected chi connectivity index (χ2v) is 4.56. The van der Waals surface area contributed by atoms with Crippen molar-refractivity contribution < 1.29 is 31.8 Å². The van der Waals surface area contributed by atoms with E-state index in [0.29, 0.717) is 32.5 Å². The van der Waals surface area contributed by atoms with Crippen molar-refractivity contribution in [1.29, 1.82) is 0 Å². The predicted octanol–water partition coefficient (Wildman–Crippen LogP) is -0.164. The molecule has 1 aliphatic rings. The molecule has 2 amide bonds. The number of carbonyl (C=O) groups is 2. The molecule has 0 bridgehead atoms. The average molecular weight is 340 g/mol. The summed E-state index contributed by atoms with van der Waals surface area (Å²) in [6, 6.07) is -1.21. The standard InChI is InChI=1S/C13H24N5O2.Ni/c14-6-2-8-16-12(19)10-4-1-5-11(18-10)13(20)17-9-3-7-15;/h1,4,10-11H,2-3,5-9,14-15H2,(H2,16,17,19,20);/q-1;/p-1. The maximum Gasteiger partial charge on any atom is 0.0725 e. The molecule has 2 atom stereocenters. The summed E-state index contributed by atoms with van der Waals surface area (Å²) < 4.78 is 0. The Kier molecular flexibility index (Phi) is 11.2. The number of carbonyl (C=O) groups excluding carboxylic acids is 2. The van der Waals surface area contributed by atoms with Crippen LogP contribution in [0.15, 0.2) is 12.2 Å². The van der Waals surface area contributed by atoms with E-state index in [9.17, 15) is 9.59 Å². The largest absolute Gasteiger partial charge is 0.654 e. The summed E-state index contributed by atoms with van der Waals surface area (Å²) in [6.07, 6.45) is 5.44. The van der Waals surface area contributed by atoms with Crippen molar-refractivity contribution in [2.45, 2.75) is 31.3 Å². The second-order valence-electron chi connectivity index (χ2n) is 4.56.